The van der Waals surface area contributed by atoms with Crippen LogP contribution in [0.15, 0.2) is 18.2 Å². The first kappa shape index (κ1) is 13.5. The van der Waals surface area contributed by atoms with Gasteiger partial charge in [-0.05, 0) is 18.2 Å². The minimum atomic E-state index is -2.42. The predicted octanol–water partition coefficient (Wildman–Crippen LogP) is 3.64. The lowest BCUT2D eigenvalue weighted by atomic mass is 10.3. The zero-order valence-electron chi connectivity index (χ0n) is 9.33. The summed E-state index contributed by atoms with van der Waals surface area (Å²) in [7, 11) is 0. The highest BCUT2D eigenvalue weighted by Gasteiger charge is 2.04. The number of aromatic nitrogens is 1. The van der Waals surface area contributed by atoms with Crippen molar-refractivity contribution in [3.63, 3.8) is 0 Å². The summed E-state index contributed by atoms with van der Waals surface area (Å²) in [6, 6.07) is 5.46. The van der Waals surface area contributed by atoms with Crippen LogP contribution >= 0.6 is 22.9 Å². The summed E-state index contributed by atoms with van der Waals surface area (Å²) in [5.74, 6) is 0. The molecule has 1 heterocycles. The Morgan fingerprint density at radius 2 is 2.28 bits per heavy atom. The van der Waals surface area contributed by atoms with Gasteiger partial charge in [-0.25, -0.2) is 13.8 Å². The van der Waals surface area contributed by atoms with E-state index >= 15 is 0 Å². The lowest BCUT2D eigenvalue weighted by molar-refractivity contribution is 0.0215. The van der Waals surface area contributed by atoms with E-state index in [1.54, 1.807) is 6.07 Å². The van der Waals surface area contributed by atoms with Crippen LogP contribution in [-0.4, -0.2) is 31.2 Å². The van der Waals surface area contributed by atoms with E-state index in [-0.39, 0.29) is 6.61 Å². The third kappa shape index (κ3) is 3.76. The van der Waals surface area contributed by atoms with Crippen molar-refractivity contribution in [2.45, 2.75) is 6.43 Å². The van der Waals surface area contributed by atoms with Crippen LogP contribution in [-0.2, 0) is 4.74 Å². The molecule has 98 valence electrons. The first-order chi connectivity index (χ1) is 8.65. The lowest BCUT2D eigenvalue weighted by Gasteiger charge is -2.03. The average Bonchev–Trinajstić information content (AvgIpc) is 2.70. The molecule has 0 fully saturated rings. The van der Waals surface area contributed by atoms with Crippen molar-refractivity contribution in [3.8, 4) is 0 Å². The summed E-state index contributed by atoms with van der Waals surface area (Å²) in [6.07, 6.45) is -2.42. The molecule has 0 amide bonds. The largest absolute Gasteiger partial charge is 0.374 e. The first-order valence-electron chi connectivity index (χ1n) is 5.31. The van der Waals surface area contributed by atoms with E-state index in [0.717, 1.165) is 15.3 Å². The normalized spacial score (nSPS) is 11.3. The number of thiazole rings is 1. The smallest absolute Gasteiger partial charge is 0.261 e. The quantitative estimate of drug-likeness (QED) is 0.825. The Morgan fingerprint density at radius 3 is 3.06 bits per heavy atom. The number of rotatable bonds is 6. The SMILES string of the molecule is FC(F)COCCNc1nc2ccc(Cl)cc2s1. The maximum atomic E-state index is 11.8. The van der Waals surface area contributed by atoms with E-state index in [2.05, 4.69) is 10.3 Å². The van der Waals surface area contributed by atoms with Crippen LogP contribution < -0.4 is 5.32 Å². The number of halogens is 3. The number of hydrogen-bond donors (Lipinski definition) is 1. The number of alkyl halides is 2. The molecule has 0 aliphatic carbocycles. The fraction of sp³-hybridized carbons (Fsp3) is 0.364. The monoisotopic (exact) mass is 292 g/mol. The molecule has 7 heteroatoms. The van der Waals surface area contributed by atoms with Gasteiger partial charge in [-0.3, -0.25) is 0 Å². The first-order valence-corrected chi connectivity index (χ1v) is 6.50. The molecular weight excluding hydrogens is 282 g/mol. The fourth-order valence-electron chi connectivity index (χ4n) is 1.38. The van der Waals surface area contributed by atoms with Crippen molar-refractivity contribution in [1.82, 2.24) is 4.98 Å². The number of nitrogens with zero attached hydrogens (tertiary/aromatic N) is 1. The van der Waals surface area contributed by atoms with Crippen molar-refractivity contribution < 1.29 is 13.5 Å². The van der Waals surface area contributed by atoms with Crippen molar-refractivity contribution in [3.05, 3.63) is 23.2 Å². The molecular formula is C11H11ClF2N2OS. The van der Waals surface area contributed by atoms with Gasteiger partial charge in [0.2, 0.25) is 0 Å². The minimum Gasteiger partial charge on any atom is -0.374 e. The van der Waals surface area contributed by atoms with Crippen molar-refractivity contribution in [1.29, 1.82) is 0 Å². The molecule has 1 aromatic carbocycles. The van der Waals surface area contributed by atoms with Crippen LogP contribution in [0.4, 0.5) is 13.9 Å². The summed E-state index contributed by atoms with van der Waals surface area (Å²) >= 11 is 7.34. The number of hydrogen-bond acceptors (Lipinski definition) is 4. The molecule has 0 aliphatic heterocycles. The van der Waals surface area contributed by atoms with Gasteiger partial charge in [-0.15, -0.1) is 0 Å². The Morgan fingerprint density at radius 1 is 1.44 bits per heavy atom. The van der Waals surface area contributed by atoms with E-state index in [1.165, 1.54) is 11.3 Å². The maximum absolute atomic E-state index is 11.8. The predicted molar refractivity (Wildman–Crippen MR) is 69.9 cm³/mol. The molecule has 2 rings (SSSR count). The molecule has 0 atom stereocenters. The lowest BCUT2D eigenvalue weighted by Crippen LogP contribution is -2.12. The van der Waals surface area contributed by atoms with Crippen LogP contribution in [0.5, 0.6) is 0 Å². The third-order valence-electron chi connectivity index (χ3n) is 2.12. The van der Waals surface area contributed by atoms with Gasteiger partial charge in [-0.2, -0.15) is 0 Å². The zero-order valence-corrected chi connectivity index (χ0v) is 10.9. The summed E-state index contributed by atoms with van der Waals surface area (Å²) < 4.78 is 29.3. The molecule has 0 aliphatic rings. The summed E-state index contributed by atoms with van der Waals surface area (Å²) in [5.41, 5.74) is 0.861. The number of anilines is 1. The number of nitrogens with one attached hydrogen (secondary N) is 1. The van der Waals surface area contributed by atoms with Gasteiger partial charge in [0.25, 0.3) is 6.43 Å². The van der Waals surface area contributed by atoms with Gasteiger partial charge < -0.3 is 10.1 Å². The van der Waals surface area contributed by atoms with Crippen molar-refractivity contribution in [2.75, 3.05) is 25.1 Å². The Kier molecular flexibility index (Phi) is 4.68. The molecule has 0 bridgehead atoms. The highest BCUT2D eigenvalue weighted by Crippen LogP contribution is 2.27. The molecule has 18 heavy (non-hydrogen) atoms. The standard InChI is InChI=1S/C11H11ClF2N2OS/c12-7-1-2-8-9(5-7)18-11(16-8)15-3-4-17-6-10(13)14/h1-2,5,10H,3-4,6H2,(H,15,16). The zero-order chi connectivity index (χ0) is 13.0. The van der Waals surface area contributed by atoms with Crippen molar-refractivity contribution >= 4 is 38.3 Å². The van der Waals surface area contributed by atoms with Gasteiger partial charge in [0.05, 0.1) is 16.8 Å². The van der Waals surface area contributed by atoms with Gasteiger partial charge >= 0.3 is 0 Å². The van der Waals surface area contributed by atoms with Gasteiger partial charge in [0.1, 0.15) is 6.61 Å². The van der Waals surface area contributed by atoms with Crippen LogP contribution in [0.3, 0.4) is 0 Å². The summed E-state index contributed by atoms with van der Waals surface area (Å²) in [5, 5.41) is 4.42. The van der Waals surface area contributed by atoms with Crippen molar-refractivity contribution in [2.24, 2.45) is 0 Å². The van der Waals surface area contributed by atoms with Crippen LogP contribution in [0.1, 0.15) is 0 Å². The Hall–Kier alpha value is -0.980. The maximum Gasteiger partial charge on any atom is 0.261 e. The van der Waals surface area contributed by atoms with E-state index in [0.29, 0.717) is 11.6 Å². The van der Waals surface area contributed by atoms with E-state index in [9.17, 15) is 8.78 Å². The average molecular weight is 293 g/mol. The van der Waals surface area contributed by atoms with Crippen LogP contribution in [0.2, 0.25) is 5.02 Å². The second-order valence-corrected chi connectivity index (χ2v) is 4.99. The molecule has 0 spiro atoms. The minimum absolute atomic E-state index is 0.223. The summed E-state index contributed by atoms with van der Waals surface area (Å²) in [6.45, 7) is 0.137. The summed E-state index contributed by atoms with van der Waals surface area (Å²) in [4.78, 5) is 4.33. The molecule has 0 unspecified atom stereocenters. The van der Waals surface area contributed by atoms with Gasteiger partial charge in [0, 0.05) is 11.6 Å². The fourth-order valence-corrected chi connectivity index (χ4v) is 2.54. The number of fused-ring (bicyclic) bond motifs is 1. The van der Waals surface area contributed by atoms with Crippen LogP contribution in [0.25, 0.3) is 10.2 Å². The molecule has 1 N–H and O–H groups in total. The molecule has 1 aromatic heterocycles. The molecule has 2 aromatic rings. The topological polar surface area (TPSA) is 34.1 Å². The van der Waals surface area contributed by atoms with Crippen LogP contribution in [0, 0.1) is 0 Å². The highest BCUT2D eigenvalue weighted by molar-refractivity contribution is 7.22. The second-order valence-electron chi connectivity index (χ2n) is 3.52. The number of ether oxygens (including phenoxy) is 1. The molecule has 3 nitrogen and oxygen atoms in total. The highest BCUT2D eigenvalue weighted by atomic mass is 35.5. The van der Waals surface area contributed by atoms with E-state index in [1.807, 2.05) is 12.1 Å². The Labute approximate surface area is 112 Å². The Bertz CT molecular complexity index is 521. The van der Waals surface area contributed by atoms with E-state index in [4.69, 9.17) is 16.3 Å². The number of benzene rings is 1. The molecule has 0 radical (unpaired) electrons. The van der Waals surface area contributed by atoms with E-state index < -0.39 is 13.0 Å². The Balaban J connectivity index is 1.84. The third-order valence-corrected chi connectivity index (χ3v) is 3.33. The molecule has 0 saturated carbocycles. The molecule has 0 saturated heterocycles. The second kappa shape index (κ2) is 6.26. The van der Waals surface area contributed by atoms with Gasteiger partial charge in [0.15, 0.2) is 5.13 Å². The van der Waals surface area contributed by atoms with Gasteiger partial charge in [-0.1, -0.05) is 22.9 Å².